The molecule has 1 aromatic carbocycles. The van der Waals surface area contributed by atoms with Gasteiger partial charge < -0.3 is 14.6 Å². The number of hydrogen-bond donors (Lipinski definition) is 2. The summed E-state index contributed by atoms with van der Waals surface area (Å²) in [5.41, 5.74) is -0.0443. The number of carboxylic acid groups (broad SMARTS) is 1. The molecule has 1 aromatic rings. The van der Waals surface area contributed by atoms with E-state index in [-0.39, 0.29) is 16.2 Å². The van der Waals surface area contributed by atoms with Gasteiger partial charge in [-0.3, -0.25) is 0 Å². The van der Waals surface area contributed by atoms with E-state index >= 15 is 0 Å². The maximum Gasteiger partial charge on any atom is 0.335 e. The van der Waals surface area contributed by atoms with Crippen LogP contribution in [-0.2, 0) is 14.8 Å². The van der Waals surface area contributed by atoms with Crippen LogP contribution in [0.25, 0.3) is 0 Å². The lowest BCUT2D eigenvalue weighted by Crippen LogP contribution is -2.48. The van der Waals surface area contributed by atoms with E-state index in [2.05, 4.69) is 4.83 Å². The molecule has 116 valence electrons. The van der Waals surface area contributed by atoms with Crippen molar-refractivity contribution in [3.05, 3.63) is 23.8 Å². The van der Waals surface area contributed by atoms with Crippen molar-refractivity contribution < 1.29 is 27.8 Å². The zero-order chi connectivity index (χ0) is 15.5. The van der Waals surface area contributed by atoms with Gasteiger partial charge in [0.2, 0.25) is 0 Å². The lowest BCUT2D eigenvalue weighted by atomic mass is 10.2. The molecule has 0 radical (unpaired) electrons. The van der Waals surface area contributed by atoms with E-state index in [0.29, 0.717) is 26.3 Å². The topological polar surface area (TPSA) is 105 Å². The van der Waals surface area contributed by atoms with Gasteiger partial charge in [0.1, 0.15) is 10.6 Å². The number of nitrogens with zero attached hydrogens (tertiary/aromatic N) is 1. The fourth-order valence-corrected chi connectivity index (χ4v) is 3.17. The van der Waals surface area contributed by atoms with Crippen LogP contribution >= 0.6 is 0 Å². The minimum atomic E-state index is -3.84. The van der Waals surface area contributed by atoms with E-state index in [1.54, 1.807) is 0 Å². The Hall–Kier alpha value is -1.68. The zero-order valence-electron chi connectivity index (χ0n) is 11.4. The maximum absolute atomic E-state index is 12.3. The number of ether oxygens (including phenoxy) is 2. The molecule has 1 saturated heterocycles. The Balaban J connectivity index is 2.28. The van der Waals surface area contributed by atoms with Crippen LogP contribution in [0.3, 0.4) is 0 Å². The van der Waals surface area contributed by atoms with Crippen molar-refractivity contribution in [3.63, 3.8) is 0 Å². The van der Waals surface area contributed by atoms with Crippen LogP contribution in [0.4, 0.5) is 0 Å². The molecule has 0 aromatic heterocycles. The molecule has 0 spiro atoms. The van der Waals surface area contributed by atoms with Crippen LogP contribution in [0.15, 0.2) is 23.1 Å². The summed E-state index contributed by atoms with van der Waals surface area (Å²) in [6.07, 6.45) is 0. The first kappa shape index (κ1) is 15.7. The second-order valence-electron chi connectivity index (χ2n) is 4.36. The van der Waals surface area contributed by atoms with Crippen molar-refractivity contribution in [1.82, 2.24) is 9.84 Å². The molecule has 0 amide bonds. The number of benzene rings is 1. The highest BCUT2D eigenvalue weighted by atomic mass is 32.2. The fourth-order valence-electron chi connectivity index (χ4n) is 1.90. The number of carboxylic acids is 1. The molecule has 0 bridgehead atoms. The first-order chi connectivity index (χ1) is 9.94. The average Bonchev–Trinajstić information content (AvgIpc) is 2.47. The van der Waals surface area contributed by atoms with Crippen molar-refractivity contribution in [3.8, 4) is 5.75 Å². The number of carbonyl (C=O) groups is 1. The molecule has 2 rings (SSSR count). The Labute approximate surface area is 122 Å². The molecule has 1 aliphatic heterocycles. The molecule has 0 saturated carbocycles. The molecular weight excluding hydrogens is 300 g/mol. The Bertz CT molecular complexity index is 625. The largest absolute Gasteiger partial charge is 0.495 e. The summed E-state index contributed by atoms with van der Waals surface area (Å²) in [6, 6.07) is 3.61. The quantitative estimate of drug-likeness (QED) is 0.782. The predicted molar refractivity (Wildman–Crippen MR) is 72.7 cm³/mol. The van der Waals surface area contributed by atoms with Crippen molar-refractivity contribution >= 4 is 16.0 Å². The van der Waals surface area contributed by atoms with E-state index in [1.165, 1.54) is 30.3 Å². The Kier molecular flexibility index (Phi) is 4.78. The normalized spacial score (nSPS) is 16.6. The third-order valence-electron chi connectivity index (χ3n) is 2.96. The first-order valence-electron chi connectivity index (χ1n) is 6.20. The van der Waals surface area contributed by atoms with Crippen LogP contribution in [0.5, 0.6) is 5.75 Å². The second-order valence-corrected chi connectivity index (χ2v) is 5.99. The van der Waals surface area contributed by atoms with Gasteiger partial charge >= 0.3 is 5.97 Å². The van der Waals surface area contributed by atoms with Crippen LogP contribution in [-0.4, -0.2) is 57.9 Å². The molecule has 1 fully saturated rings. The van der Waals surface area contributed by atoms with Crippen LogP contribution < -0.4 is 9.57 Å². The number of hydrazine groups is 1. The van der Waals surface area contributed by atoms with Crippen LogP contribution in [0, 0.1) is 0 Å². The predicted octanol–water partition coefficient (Wildman–Crippen LogP) is -0.0811. The molecule has 8 nitrogen and oxygen atoms in total. The average molecular weight is 316 g/mol. The van der Waals surface area contributed by atoms with Gasteiger partial charge in [-0.15, -0.1) is 4.83 Å². The molecule has 2 N–H and O–H groups in total. The minimum Gasteiger partial charge on any atom is -0.495 e. The number of sulfonamides is 1. The number of nitrogens with one attached hydrogen (secondary N) is 1. The second kappa shape index (κ2) is 6.39. The van der Waals surface area contributed by atoms with Crippen molar-refractivity contribution in [2.24, 2.45) is 0 Å². The van der Waals surface area contributed by atoms with Crippen LogP contribution in [0.2, 0.25) is 0 Å². The van der Waals surface area contributed by atoms with Gasteiger partial charge in [-0.1, -0.05) is 0 Å². The number of rotatable bonds is 5. The fraction of sp³-hybridized carbons (Fsp3) is 0.417. The summed E-state index contributed by atoms with van der Waals surface area (Å²) < 4.78 is 34.8. The molecule has 0 atom stereocenters. The highest BCUT2D eigenvalue weighted by Crippen LogP contribution is 2.25. The molecule has 1 aliphatic rings. The maximum atomic E-state index is 12.3. The number of aromatic carboxylic acids is 1. The van der Waals surface area contributed by atoms with E-state index in [4.69, 9.17) is 14.6 Å². The molecule has 0 aliphatic carbocycles. The third-order valence-corrected chi connectivity index (χ3v) is 4.38. The monoisotopic (exact) mass is 316 g/mol. The van der Waals surface area contributed by atoms with Gasteiger partial charge in [-0.25, -0.2) is 18.2 Å². The smallest absolute Gasteiger partial charge is 0.335 e. The Morgan fingerprint density at radius 1 is 1.38 bits per heavy atom. The number of morpholine rings is 1. The van der Waals surface area contributed by atoms with E-state index in [0.717, 1.165) is 0 Å². The van der Waals surface area contributed by atoms with Crippen molar-refractivity contribution in [2.45, 2.75) is 4.90 Å². The number of methoxy groups -OCH3 is 1. The standard InChI is InChI=1S/C12H16N2O6S/c1-19-10-8-9(12(15)16)2-3-11(10)21(17,18)13-14-4-6-20-7-5-14/h2-3,8,13H,4-7H2,1H3,(H,15,16). The summed E-state index contributed by atoms with van der Waals surface area (Å²) >= 11 is 0. The molecule has 21 heavy (non-hydrogen) atoms. The summed E-state index contributed by atoms with van der Waals surface area (Å²) in [6.45, 7) is 1.76. The molecule has 9 heteroatoms. The van der Waals surface area contributed by atoms with Crippen LogP contribution in [0.1, 0.15) is 10.4 Å². The van der Waals surface area contributed by atoms with Crippen molar-refractivity contribution in [1.29, 1.82) is 0 Å². The minimum absolute atomic E-state index is 0.0179. The van der Waals surface area contributed by atoms with E-state index < -0.39 is 16.0 Å². The third kappa shape index (κ3) is 3.70. The van der Waals surface area contributed by atoms with Gasteiger partial charge in [-0.2, -0.15) is 0 Å². The molecule has 0 unspecified atom stereocenters. The summed E-state index contributed by atoms with van der Waals surface area (Å²) in [4.78, 5) is 13.2. The van der Waals surface area contributed by atoms with E-state index in [1.807, 2.05) is 0 Å². The zero-order valence-corrected chi connectivity index (χ0v) is 12.2. The van der Waals surface area contributed by atoms with E-state index in [9.17, 15) is 13.2 Å². The number of hydrogen-bond acceptors (Lipinski definition) is 6. The first-order valence-corrected chi connectivity index (χ1v) is 7.69. The Morgan fingerprint density at radius 2 is 2.05 bits per heavy atom. The molecule has 1 heterocycles. The van der Waals surface area contributed by atoms with Gasteiger partial charge in [-0.05, 0) is 18.2 Å². The molecular formula is C12H16N2O6S. The van der Waals surface area contributed by atoms with Gasteiger partial charge in [0.25, 0.3) is 10.0 Å². The SMILES string of the molecule is COc1cc(C(=O)O)ccc1S(=O)(=O)NN1CCOCC1. The van der Waals surface area contributed by atoms with Gasteiger partial charge in [0.05, 0.1) is 25.9 Å². The highest BCUT2D eigenvalue weighted by molar-refractivity contribution is 7.89. The van der Waals surface area contributed by atoms with Gasteiger partial charge in [0, 0.05) is 13.1 Å². The van der Waals surface area contributed by atoms with Gasteiger partial charge in [0.15, 0.2) is 0 Å². The summed E-state index contributed by atoms with van der Waals surface area (Å²) in [7, 11) is -2.56. The highest BCUT2D eigenvalue weighted by Gasteiger charge is 2.24. The summed E-state index contributed by atoms with van der Waals surface area (Å²) in [5, 5.41) is 10.4. The summed E-state index contributed by atoms with van der Waals surface area (Å²) in [5.74, 6) is -1.17. The van der Waals surface area contributed by atoms with Crippen molar-refractivity contribution in [2.75, 3.05) is 33.4 Å². The lowest BCUT2D eigenvalue weighted by Gasteiger charge is -2.27. The lowest BCUT2D eigenvalue weighted by molar-refractivity contribution is 0.0272. The Morgan fingerprint density at radius 3 is 2.62 bits per heavy atom.